The zero-order chi connectivity index (χ0) is 13.7. The van der Waals surface area contributed by atoms with Crippen LogP contribution in [0.4, 0.5) is 5.82 Å². The zero-order valence-corrected chi connectivity index (χ0v) is 12.7. The van der Waals surface area contributed by atoms with Crippen molar-refractivity contribution in [3.63, 3.8) is 0 Å². The van der Waals surface area contributed by atoms with Gasteiger partial charge in [0.15, 0.2) is 0 Å². The van der Waals surface area contributed by atoms with Crippen LogP contribution in [0.5, 0.6) is 0 Å². The molecule has 19 heavy (non-hydrogen) atoms. The van der Waals surface area contributed by atoms with Crippen LogP contribution in [0.15, 0.2) is 34.9 Å². The third-order valence-corrected chi connectivity index (χ3v) is 3.92. The van der Waals surface area contributed by atoms with Crippen LogP contribution in [-0.4, -0.2) is 23.2 Å². The Morgan fingerprint density at radius 1 is 1.32 bits per heavy atom. The molecule has 0 saturated heterocycles. The highest BCUT2D eigenvalue weighted by molar-refractivity contribution is 9.10. The molecule has 0 fully saturated rings. The SMILES string of the molecule is CC(CO)CCCNc1nccc2c(Br)cccc12. The number of nitrogens with zero attached hydrogens (tertiary/aromatic N) is 1. The molecule has 102 valence electrons. The van der Waals surface area contributed by atoms with E-state index in [0.717, 1.165) is 35.1 Å². The minimum absolute atomic E-state index is 0.263. The summed E-state index contributed by atoms with van der Waals surface area (Å²) < 4.78 is 1.09. The molecule has 4 heteroatoms. The number of aliphatic hydroxyl groups is 1. The normalized spacial score (nSPS) is 12.6. The van der Waals surface area contributed by atoms with Gasteiger partial charge in [0.05, 0.1) is 0 Å². The summed E-state index contributed by atoms with van der Waals surface area (Å²) in [6.07, 6.45) is 3.89. The van der Waals surface area contributed by atoms with Crippen LogP contribution in [0.2, 0.25) is 0 Å². The summed E-state index contributed by atoms with van der Waals surface area (Å²) >= 11 is 3.56. The van der Waals surface area contributed by atoms with Gasteiger partial charge in [-0.25, -0.2) is 4.98 Å². The molecule has 0 spiro atoms. The largest absolute Gasteiger partial charge is 0.396 e. The predicted octanol–water partition coefficient (Wildman–Crippen LogP) is 3.82. The average Bonchev–Trinajstić information content (AvgIpc) is 2.44. The third-order valence-electron chi connectivity index (χ3n) is 3.23. The molecular weight excluding hydrogens is 304 g/mol. The summed E-state index contributed by atoms with van der Waals surface area (Å²) in [4.78, 5) is 4.40. The second kappa shape index (κ2) is 6.87. The van der Waals surface area contributed by atoms with Crippen LogP contribution < -0.4 is 5.32 Å². The van der Waals surface area contributed by atoms with Crippen molar-refractivity contribution in [3.05, 3.63) is 34.9 Å². The minimum atomic E-state index is 0.263. The van der Waals surface area contributed by atoms with Crippen molar-refractivity contribution in [2.24, 2.45) is 5.92 Å². The lowest BCUT2D eigenvalue weighted by Gasteiger charge is -2.11. The maximum Gasteiger partial charge on any atom is 0.133 e. The van der Waals surface area contributed by atoms with Gasteiger partial charge in [-0.15, -0.1) is 0 Å². The standard InChI is InChI=1S/C15H19BrN2O/c1-11(10-19)4-3-8-17-15-13-5-2-6-14(16)12(13)7-9-18-15/h2,5-7,9,11,19H,3-4,8,10H2,1H3,(H,17,18). The molecule has 3 nitrogen and oxygen atoms in total. The van der Waals surface area contributed by atoms with Crippen molar-refractivity contribution < 1.29 is 5.11 Å². The molecule has 1 heterocycles. The molecule has 1 unspecified atom stereocenters. The van der Waals surface area contributed by atoms with Gasteiger partial charge >= 0.3 is 0 Å². The Kier molecular flexibility index (Phi) is 5.16. The number of nitrogens with one attached hydrogen (secondary N) is 1. The molecule has 2 aromatic rings. The van der Waals surface area contributed by atoms with Crippen molar-refractivity contribution >= 4 is 32.5 Å². The van der Waals surface area contributed by atoms with Gasteiger partial charge in [0.25, 0.3) is 0 Å². The maximum atomic E-state index is 8.99. The van der Waals surface area contributed by atoms with E-state index in [4.69, 9.17) is 5.11 Å². The maximum absolute atomic E-state index is 8.99. The number of aromatic nitrogens is 1. The topological polar surface area (TPSA) is 45.1 Å². The molecule has 0 aliphatic heterocycles. The summed E-state index contributed by atoms with van der Waals surface area (Å²) in [6.45, 7) is 3.20. The lowest BCUT2D eigenvalue weighted by molar-refractivity contribution is 0.229. The van der Waals surface area contributed by atoms with Crippen LogP contribution in [0.3, 0.4) is 0 Å². The molecule has 2 rings (SSSR count). The van der Waals surface area contributed by atoms with Gasteiger partial charge in [0, 0.05) is 34.6 Å². The molecular formula is C15H19BrN2O. The fourth-order valence-corrected chi connectivity index (χ4v) is 2.56. The summed E-state index contributed by atoms with van der Waals surface area (Å²) in [5.74, 6) is 1.30. The van der Waals surface area contributed by atoms with E-state index < -0.39 is 0 Å². The van der Waals surface area contributed by atoms with E-state index in [0.29, 0.717) is 5.92 Å². The van der Waals surface area contributed by atoms with Crippen LogP contribution in [0.25, 0.3) is 10.8 Å². The predicted molar refractivity (Wildman–Crippen MR) is 83.4 cm³/mol. The van der Waals surface area contributed by atoms with Gasteiger partial charge in [0.2, 0.25) is 0 Å². The Hall–Kier alpha value is -1.13. The van der Waals surface area contributed by atoms with Gasteiger partial charge in [0.1, 0.15) is 5.82 Å². The molecule has 0 radical (unpaired) electrons. The Bertz CT molecular complexity index is 545. The highest BCUT2D eigenvalue weighted by atomic mass is 79.9. The molecule has 0 bridgehead atoms. The number of hydrogen-bond acceptors (Lipinski definition) is 3. The Balaban J connectivity index is 2.03. The van der Waals surface area contributed by atoms with E-state index in [2.05, 4.69) is 39.2 Å². The second-order valence-electron chi connectivity index (χ2n) is 4.85. The Morgan fingerprint density at radius 2 is 2.16 bits per heavy atom. The number of rotatable bonds is 6. The first-order chi connectivity index (χ1) is 9.22. The van der Waals surface area contributed by atoms with Gasteiger partial charge < -0.3 is 10.4 Å². The molecule has 0 amide bonds. The van der Waals surface area contributed by atoms with E-state index in [-0.39, 0.29) is 6.61 Å². The summed E-state index contributed by atoms with van der Waals surface area (Å²) in [6, 6.07) is 8.15. The Morgan fingerprint density at radius 3 is 2.95 bits per heavy atom. The van der Waals surface area contributed by atoms with Crippen molar-refractivity contribution in [2.45, 2.75) is 19.8 Å². The molecule has 1 aromatic carbocycles. The van der Waals surface area contributed by atoms with E-state index in [9.17, 15) is 0 Å². The lowest BCUT2D eigenvalue weighted by Crippen LogP contribution is -2.07. The first kappa shape index (κ1) is 14.3. The van der Waals surface area contributed by atoms with Gasteiger partial charge in [-0.3, -0.25) is 0 Å². The molecule has 0 aliphatic rings. The summed E-state index contributed by atoms with van der Waals surface area (Å²) in [5, 5.41) is 14.7. The first-order valence-corrected chi connectivity index (χ1v) is 7.39. The summed E-state index contributed by atoms with van der Waals surface area (Å²) in [5.41, 5.74) is 0. The molecule has 0 aliphatic carbocycles. The molecule has 1 atom stereocenters. The molecule has 2 N–H and O–H groups in total. The number of anilines is 1. The van der Waals surface area contributed by atoms with Crippen molar-refractivity contribution in [1.29, 1.82) is 0 Å². The number of hydrogen-bond donors (Lipinski definition) is 2. The van der Waals surface area contributed by atoms with Crippen LogP contribution >= 0.6 is 15.9 Å². The highest BCUT2D eigenvalue weighted by Crippen LogP contribution is 2.27. The van der Waals surface area contributed by atoms with Crippen LogP contribution in [0.1, 0.15) is 19.8 Å². The van der Waals surface area contributed by atoms with Crippen LogP contribution in [0, 0.1) is 5.92 Å². The van der Waals surface area contributed by atoms with E-state index in [1.165, 1.54) is 5.39 Å². The zero-order valence-electron chi connectivity index (χ0n) is 11.1. The average molecular weight is 323 g/mol. The smallest absolute Gasteiger partial charge is 0.133 e. The van der Waals surface area contributed by atoms with E-state index >= 15 is 0 Å². The van der Waals surface area contributed by atoms with E-state index in [1.807, 2.05) is 24.4 Å². The highest BCUT2D eigenvalue weighted by Gasteiger charge is 2.04. The van der Waals surface area contributed by atoms with Crippen molar-refractivity contribution in [2.75, 3.05) is 18.5 Å². The lowest BCUT2D eigenvalue weighted by atomic mass is 10.1. The van der Waals surface area contributed by atoms with Crippen molar-refractivity contribution in [3.8, 4) is 0 Å². The number of pyridine rings is 1. The number of aliphatic hydroxyl groups excluding tert-OH is 1. The van der Waals surface area contributed by atoms with Crippen LogP contribution in [-0.2, 0) is 0 Å². The Labute approximate surface area is 122 Å². The second-order valence-corrected chi connectivity index (χ2v) is 5.71. The third kappa shape index (κ3) is 3.67. The van der Waals surface area contributed by atoms with Crippen molar-refractivity contribution in [1.82, 2.24) is 4.98 Å². The quantitative estimate of drug-likeness (QED) is 0.795. The van der Waals surface area contributed by atoms with Gasteiger partial charge in [-0.2, -0.15) is 0 Å². The minimum Gasteiger partial charge on any atom is -0.396 e. The first-order valence-electron chi connectivity index (χ1n) is 6.60. The monoisotopic (exact) mass is 322 g/mol. The number of fused-ring (bicyclic) bond motifs is 1. The molecule has 1 aromatic heterocycles. The van der Waals surface area contributed by atoms with E-state index in [1.54, 1.807) is 0 Å². The van der Waals surface area contributed by atoms with Gasteiger partial charge in [-0.1, -0.05) is 35.0 Å². The van der Waals surface area contributed by atoms with Gasteiger partial charge in [-0.05, 0) is 30.9 Å². The fourth-order valence-electron chi connectivity index (χ4n) is 2.06. The number of benzene rings is 1. The molecule has 0 saturated carbocycles. The number of halogens is 1. The fraction of sp³-hybridized carbons (Fsp3) is 0.400. The summed E-state index contributed by atoms with van der Waals surface area (Å²) in [7, 11) is 0.